The molecular formula is C20H20Cl2N4O5. The van der Waals surface area contributed by atoms with Gasteiger partial charge in [0.2, 0.25) is 0 Å². The molecular weight excluding hydrogens is 447 g/mol. The van der Waals surface area contributed by atoms with Crippen molar-refractivity contribution in [1.29, 1.82) is 0 Å². The van der Waals surface area contributed by atoms with Gasteiger partial charge in [-0.25, -0.2) is 11.7 Å². The first-order chi connectivity index (χ1) is 14.7. The Morgan fingerprint density at radius 3 is 1.94 bits per heavy atom. The summed E-state index contributed by atoms with van der Waals surface area (Å²) < 4.78 is 0. The number of aliphatic hydroxyl groups is 1. The molecule has 0 spiro atoms. The molecule has 2 rings (SSSR count). The van der Waals surface area contributed by atoms with Gasteiger partial charge in [0.15, 0.2) is 11.6 Å². The second-order valence-electron chi connectivity index (χ2n) is 6.47. The molecule has 1 atom stereocenters. The molecule has 0 heterocycles. The number of nitrogens with two attached hydrogens (primary N) is 2. The van der Waals surface area contributed by atoms with Crippen LogP contribution >= 0.6 is 23.2 Å². The molecule has 164 valence electrons. The molecule has 2 amide bonds. The van der Waals surface area contributed by atoms with Gasteiger partial charge in [-0.1, -0.05) is 41.4 Å². The van der Waals surface area contributed by atoms with E-state index in [-0.39, 0.29) is 57.3 Å². The smallest absolute Gasteiger partial charge is 0.266 e. The van der Waals surface area contributed by atoms with Gasteiger partial charge in [0.05, 0.1) is 21.2 Å². The molecule has 0 saturated carbocycles. The molecule has 0 radical (unpaired) electrons. The number of hydrogen-bond donors (Lipinski definition) is 5. The molecule has 2 aromatic carbocycles. The Bertz CT molecular complexity index is 1030. The number of ketones is 2. The maximum absolute atomic E-state index is 12.5. The van der Waals surface area contributed by atoms with Crippen LogP contribution in [0.2, 0.25) is 10.0 Å². The molecule has 31 heavy (non-hydrogen) atoms. The van der Waals surface area contributed by atoms with E-state index in [4.69, 9.17) is 34.9 Å². The van der Waals surface area contributed by atoms with E-state index in [0.717, 1.165) is 0 Å². The van der Waals surface area contributed by atoms with Crippen LogP contribution in [-0.4, -0.2) is 28.5 Å². The number of rotatable bonds is 9. The van der Waals surface area contributed by atoms with Crippen molar-refractivity contribution in [1.82, 2.24) is 10.9 Å². The number of nitrogen functional groups attached to an aromatic ring is 2. The highest BCUT2D eigenvalue weighted by Crippen LogP contribution is 2.28. The summed E-state index contributed by atoms with van der Waals surface area (Å²) in [5.74, 6) is 7.92. The number of aliphatic hydroxyl groups excluding tert-OH is 1. The number of halogens is 2. The van der Waals surface area contributed by atoms with E-state index in [2.05, 4.69) is 0 Å². The molecule has 2 aromatic rings. The first-order valence-corrected chi connectivity index (χ1v) is 9.81. The molecule has 1 unspecified atom stereocenters. The molecule has 7 N–H and O–H groups in total. The highest BCUT2D eigenvalue weighted by Gasteiger charge is 2.23. The fourth-order valence-corrected chi connectivity index (χ4v) is 3.51. The zero-order valence-corrected chi connectivity index (χ0v) is 17.7. The minimum Gasteiger partial charge on any atom is -0.380 e. The second-order valence-corrected chi connectivity index (χ2v) is 7.22. The van der Waals surface area contributed by atoms with Crippen molar-refractivity contribution in [3.63, 3.8) is 0 Å². The summed E-state index contributed by atoms with van der Waals surface area (Å²) in [5, 5.41) is 10.2. The van der Waals surface area contributed by atoms with Crippen LogP contribution in [0.15, 0.2) is 36.4 Å². The second kappa shape index (κ2) is 11.0. The summed E-state index contributed by atoms with van der Waals surface area (Å²) in [5.41, 5.74) is 4.12. The summed E-state index contributed by atoms with van der Waals surface area (Å²) in [6.07, 6.45) is -1.63. The number of carbonyl (C=O) groups excluding carboxylic acids is 4. The highest BCUT2D eigenvalue weighted by molar-refractivity contribution is 6.37. The van der Waals surface area contributed by atoms with Crippen LogP contribution in [0.4, 0.5) is 0 Å². The topological polar surface area (TPSA) is 165 Å². The number of hydrazine groups is 2. The maximum Gasteiger partial charge on any atom is 0.266 e. The molecule has 0 aliphatic heterocycles. The van der Waals surface area contributed by atoms with E-state index in [0.29, 0.717) is 0 Å². The van der Waals surface area contributed by atoms with E-state index < -0.39 is 23.7 Å². The van der Waals surface area contributed by atoms with E-state index in [1.807, 2.05) is 10.9 Å². The normalized spacial score (nSPS) is 11.5. The lowest BCUT2D eigenvalue weighted by Crippen LogP contribution is -2.30. The van der Waals surface area contributed by atoms with Gasteiger partial charge < -0.3 is 5.11 Å². The van der Waals surface area contributed by atoms with Crippen LogP contribution in [-0.2, 0) is 4.79 Å². The summed E-state index contributed by atoms with van der Waals surface area (Å²) in [6.45, 7) is 0. The molecule has 0 saturated heterocycles. The van der Waals surface area contributed by atoms with Crippen LogP contribution in [0.5, 0.6) is 0 Å². The Morgan fingerprint density at radius 1 is 0.839 bits per heavy atom. The van der Waals surface area contributed by atoms with E-state index in [1.54, 1.807) is 0 Å². The molecule has 0 aliphatic carbocycles. The maximum atomic E-state index is 12.5. The summed E-state index contributed by atoms with van der Waals surface area (Å²) in [6, 6.07) is 8.64. The number of hydrogen-bond acceptors (Lipinski definition) is 7. The van der Waals surface area contributed by atoms with Crippen molar-refractivity contribution < 1.29 is 24.3 Å². The van der Waals surface area contributed by atoms with Crippen LogP contribution in [0.3, 0.4) is 0 Å². The Morgan fingerprint density at radius 2 is 1.35 bits per heavy atom. The fraction of sp³-hybridized carbons (Fsp3) is 0.200. The van der Waals surface area contributed by atoms with Gasteiger partial charge in [-0.05, 0) is 24.6 Å². The van der Waals surface area contributed by atoms with Crippen molar-refractivity contribution in [2.45, 2.75) is 25.4 Å². The Hall–Kier alpha value is -2.82. The SMILES string of the molecule is NNC(=O)c1cccc(C(=O)CCCC(=O)C(O)c2cccc(C(=O)NN)c2Cl)c1Cl. The van der Waals surface area contributed by atoms with E-state index in [1.165, 1.54) is 36.4 Å². The lowest BCUT2D eigenvalue weighted by molar-refractivity contribution is -0.127. The predicted molar refractivity (Wildman–Crippen MR) is 114 cm³/mol. The third kappa shape index (κ3) is 5.66. The Balaban J connectivity index is 2.04. The molecule has 0 bridgehead atoms. The van der Waals surface area contributed by atoms with Gasteiger partial charge in [-0.15, -0.1) is 0 Å². The zero-order chi connectivity index (χ0) is 23.1. The van der Waals surface area contributed by atoms with E-state index >= 15 is 0 Å². The third-order valence-electron chi connectivity index (χ3n) is 4.51. The summed E-state index contributed by atoms with van der Waals surface area (Å²) in [4.78, 5) is 48.2. The van der Waals surface area contributed by atoms with Crippen LogP contribution in [0.1, 0.15) is 62.0 Å². The fourth-order valence-electron chi connectivity index (χ4n) is 2.88. The van der Waals surface area contributed by atoms with Gasteiger partial charge in [0.25, 0.3) is 11.8 Å². The first-order valence-electron chi connectivity index (χ1n) is 9.05. The predicted octanol–water partition coefficient (Wildman–Crippen LogP) is 1.86. The van der Waals surface area contributed by atoms with Gasteiger partial charge in [-0.2, -0.15) is 0 Å². The quantitative estimate of drug-likeness (QED) is 0.163. The van der Waals surface area contributed by atoms with Crippen molar-refractivity contribution >= 4 is 46.6 Å². The van der Waals surface area contributed by atoms with Crippen molar-refractivity contribution in [3.8, 4) is 0 Å². The zero-order valence-electron chi connectivity index (χ0n) is 16.2. The molecule has 0 fully saturated rings. The molecule has 0 aromatic heterocycles. The average molecular weight is 467 g/mol. The number of nitrogens with one attached hydrogen (secondary N) is 2. The Labute approximate surface area is 187 Å². The van der Waals surface area contributed by atoms with Crippen LogP contribution in [0.25, 0.3) is 0 Å². The third-order valence-corrected chi connectivity index (χ3v) is 5.33. The molecule has 11 heteroatoms. The lowest BCUT2D eigenvalue weighted by Gasteiger charge is -2.14. The van der Waals surface area contributed by atoms with E-state index in [9.17, 15) is 24.3 Å². The minimum atomic E-state index is -1.58. The number of benzene rings is 2. The van der Waals surface area contributed by atoms with Gasteiger partial charge in [-0.3, -0.25) is 30.0 Å². The van der Waals surface area contributed by atoms with Crippen LogP contribution < -0.4 is 22.5 Å². The Kier molecular flexibility index (Phi) is 8.66. The number of Topliss-reactive ketones (excluding diaryl/α,β-unsaturated/α-hetero) is 2. The summed E-state index contributed by atoms with van der Waals surface area (Å²) in [7, 11) is 0. The number of carbonyl (C=O) groups is 4. The molecule has 0 aliphatic rings. The van der Waals surface area contributed by atoms with Crippen molar-refractivity contribution in [2.75, 3.05) is 0 Å². The molecule has 9 nitrogen and oxygen atoms in total. The van der Waals surface area contributed by atoms with Crippen molar-refractivity contribution in [3.05, 3.63) is 68.7 Å². The van der Waals surface area contributed by atoms with Crippen LogP contribution in [0, 0.1) is 0 Å². The van der Waals surface area contributed by atoms with Gasteiger partial charge >= 0.3 is 0 Å². The lowest BCUT2D eigenvalue weighted by atomic mass is 9.97. The number of amides is 2. The van der Waals surface area contributed by atoms with Crippen molar-refractivity contribution in [2.24, 2.45) is 11.7 Å². The summed E-state index contributed by atoms with van der Waals surface area (Å²) >= 11 is 12.2. The van der Waals surface area contributed by atoms with Gasteiger partial charge in [0.1, 0.15) is 6.10 Å². The standard InChI is InChI=1S/C20H20Cl2N4O5/c21-16-10(4-1-6-12(16)19(30)25-23)14(27)8-3-9-15(28)18(29)11-5-2-7-13(17(11)22)20(31)26-24/h1-2,4-7,18,29H,3,8-9,23-24H2,(H,25,30)(H,26,31). The minimum absolute atomic E-state index is 0.0136. The largest absolute Gasteiger partial charge is 0.380 e. The first kappa shape index (κ1) is 24.4. The monoisotopic (exact) mass is 466 g/mol. The average Bonchev–Trinajstić information content (AvgIpc) is 2.77. The van der Waals surface area contributed by atoms with Gasteiger partial charge in [0, 0.05) is 24.0 Å². The highest BCUT2D eigenvalue weighted by atomic mass is 35.5.